The first-order valence-electron chi connectivity index (χ1n) is 7.01. The number of hydrogen-bond donors (Lipinski definition) is 2. The molecule has 5 nitrogen and oxygen atoms in total. The molecule has 1 aliphatic rings. The van der Waals surface area contributed by atoms with Crippen LogP contribution in [0.5, 0.6) is 0 Å². The van der Waals surface area contributed by atoms with E-state index in [2.05, 4.69) is 5.32 Å². The minimum absolute atomic E-state index is 0.153. The van der Waals surface area contributed by atoms with Crippen molar-refractivity contribution in [2.24, 2.45) is 5.92 Å². The molecule has 0 bridgehead atoms. The van der Waals surface area contributed by atoms with Crippen LogP contribution in [0.2, 0.25) is 5.02 Å². The Morgan fingerprint density at radius 3 is 2.67 bits per heavy atom. The van der Waals surface area contributed by atoms with Gasteiger partial charge in [0.2, 0.25) is 0 Å². The van der Waals surface area contributed by atoms with Gasteiger partial charge in [-0.05, 0) is 37.5 Å². The van der Waals surface area contributed by atoms with E-state index in [-0.39, 0.29) is 18.6 Å². The van der Waals surface area contributed by atoms with Crippen molar-refractivity contribution in [1.82, 2.24) is 10.2 Å². The van der Waals surface area contributed by atoms with Crippen molar-refractivity contribution < 1.29 is 14.7 Å². The third-order valence-corrected chi connectivity index (χ3v) is 4.02. The van der Waals surface area contributed by atoms with Crippen molar-refractivity contribution in [2.45, 2.75) is 25.8 Å². The van der Waals surface area contributed by atoms with Gasteiger partial charge in [-0.2, -0.15) is 0 Å². The molecule has 0 spiro atoms. The van der Waals surface area contributed by atoms with Gasteiger partial charge in [0.1, 0.15) is 0 Å². The first kappa shape index (κ1) is 15.6. The smallest absolute Gasteiger partial charge is 0.317 e. The Bertz CT molecular complexity index is 518. The Morgan fingerprint density at radius 2 is 2.05 bits per heavy atom. The second kappa shape index (κ2) is 6.80. The molecule has 1 saturated heterocycles. The van der Waals surface area contributed by atoms with Gasteiger partial charge in [0.25, 0.3) is 0 Å². The maximum atomic E-state index is 12.2. The van der Waals surface area contributed by atoms with Crippen molar-refractivity contribution in [3.8, 4) is 0 Å². The van der Waals surface area contributed by atoms with Gasteiger partial charge in [-0.1, -0.05) is 23.7 Å². The average Bonchev–Trinajstić information content (AvgIpc) is 2.48. The number of nitrogens with one attached hydrogen (secondary N) is 1. The number of rotatable bonds is 3. The molecule has 1 unspecified atom stereocenters. The van der Waals surface area contributed by atoms with E-state index in [0.29, 0.717) is 18.0 Å². The topological polar surface area (TPSA) is 69.6 Å². The third-order valence-electron chi connectivity index (χ3n) is 3.77. The normalized spacial score (nSPS) is 19.9. The van der Waals surface area contributed by atoms with Crippen LogP contribution in [0.3, 0.4) is 0 Å². The zero-order chi connectivity index (χ0) is 15.4. The van der Waals surface area contributed by atoms with E-state index in [1.165, 1.54) is 0 Å². The molecule has 2 rings (SSSR count). The molecule has 0 saturated carbocycles. The van der Waals surface area contributed by atoms with Crippen LogP contribution in [-0.4, -0.2) is 35.1 Å². The number of halogens is 1. The van der Waals surface area contributed by atoms with E-state index in [4.69, 9.17) is 16.7 Å². The zero-order valence-corrected chi connectivity index (χ0v) is 12.6. The molecule has 1 aromatic rings. The second-order valence-corrected chi connectivity index (χ2v) is 5.78. The average molecular weight is 311 g/mol. The first-order chi connectivity index (χ1) is 9.97. The van der Waals surface area contributed by atoms with E-state index in [1.807, 2.05) is 19.1 Å². The highest BCUT2D eigenvalue weighted by atomic mass is 35.5. The number of hydrogen-bond acceptors (Lipinski definition) is 2. The van der Waals surface area contributed by atoms with Gasteiger partial charge >= 0.3 is 12.0 Å². The van der Waals surface area contributed by atoms with Crippen LogP contribution in [0.15, 0.2) is 24.3 Å². The molecular formula is C15H19ClN2O3. The minimum Gasteiger partial charge on any atom is -0.481 e. The Kier molecular flexibility index (Phi) is 5.07. The largest absolute Gasteiger partial charge is 0.481 e. The fourth-order valence-corrected chi connectivity index (χ4v) is 2.60. The van der Waals surface area contributed by atoms with E-state index >= 15 is 0 Å². The number of carboxylic acid groups (broad SMARTS) is 1. The Balaban J connectivity index is 1.94. The number of benzene rings is 1. The summed E-state index contributed by atoms with van der Waals surface area (Å²) >= 11 is 5.84. The van der Waals surface area contributed by atoms with Crippen LogP contribution in [0, 0.1) is 5.92 Å². The monoisotopic (exact) mass is 310 g/mol. The van der Waals surface area contributed by atoms with Gasteiger partial charge in [0.05, 0.1) is 12.0 Å². The molecule has 1 heterocycles. The summed E-state index contributed by atoms with van der Waals surface area (Å²) in [6.45, 7) is 2.76. The lowest BCUT2D eigenvalue weighted by Gasteiger charge is -2.31. The summed E-state index contributed by atoms with van der Waals surface area (Å²) in [5, 5.41) is 12.6. The number of aliphatic carboxylic acids is 1. The molecule has 0 aliphatic carbocycles. The Labute approximate surface area is 128 Å². The first-order valence-corrected chi connectivity index (χ1v) is 7.39. The molecule has 1 aromatic carbocycles. The van der Waals surface area contributed by atoms with Crippen LogP contribution in [-0.2, 0) is 4.79 Å². The van der Waals surface area contributed by atoms with Gasteiger partial charge in [0.15, 0.2) is 0 Å². The SMILES string of the molecule is C[C@@H](NC(=O)N1CCCC(C(=O)O)C1)c1ccc(Cl)cc1. The predicted octanol–water partition coefficient (Wildman–Crippen LogP) is 2.91. The molecule has 2 atom stereocenters. The number of amides is 2. The van der Waals surface area contributed by atoms with Gasteiger partial charge in [-0.15, -0.1) is 0 Å². The van der Waals surface area contributed by atoms with Crippen molar-refractivity contribution in [2.75, 3.05) is 13.1 Å². The van der Waals surface area contributed by atoms with E-state index in [9.17, 15) is 9.59 Å². The second-order valence-electron chi connectivity index (χ2n) is 5.35. The Hall–Kier alpha value is -1.75. The lowest BCUT2D eigenvalue weighted by molar-refractivity contribution is -0.143. The highest BCUT2D eigenvalue weighted by Crippen LogP contribution is 2.19. The summed E-state index contributed by atoms with van der Waals surface area (Å²) in [7, 11) is 0. The fourth-order valence-electron chi connectivity index (χ4n) is 2.47. The standard InChI is InChI=1S/C15H19ClN2O3/c1-10(11-4-6-13(16)7-5-11)17-15(21)18-8-2-3-12(9-18)14(19)20/h4-7,10,12H,2-3,8-9H2,1H3,(H,17,21)(H,19,20)/t10-,12?/m1/s1. The third kappa shape index (κ3) is 4.11. The summed E-state index contributed by atoms with van der Waals surface area (Å²) in [6, 6.07) is 6.91. The molecule has 0 aromatic heterocycles. The van der Waals surface area contributed by atoms with Crippen LogP contribution < -0.4 is 5.32 Å². The number of piperidine rings is 1. The highest BCUT2D eigenvalue weighted by Gasteiger charge is 2.28. The molecule has 0 radical (unpaired) electrons. The number of nitrogens with zero attached hydrogens (tertiary/aromatic N) is 1. The molecule has 2 N–H and O–H groups in total. The van der Waals surface area contributed by atoms with E-state index < -0.39 is 11.9 Å². The summed E-state index contributed by atoms with van der Waals surface area (Å²) < 4.78 is 0. The van der Waals surface area contributed by atoms with Gasteiger partial charge in [0, 0.05) is 18.1 Å². The molecule has 21 heavy (non-hydrogen) atoms. The number of carboxylic acids is 1. The van der Waals surface area contributed by atoms with Crippen LogP contribution in [0.25, 0.3) is 0 Å². The van der Waals surface area contributed by atoms with Gasteiger partial charge in [-0.25, -0.2) is 4.79 Å². The molecule has 1 aliphatic heterocycles. The lowest BCUT2D eigenvalue weighted by atomic mass is 9.98. The van der Waals surface area contributed by atoms with Crippen molar-refractivity contribution in [3.63, 3.8) is 0 Å². The number of carbonyl (C=O) groups is 2. The summed E-state index contributed by atoms with van der Waals surface area (Å²) in [5.74, 6) is -1.30. The van der Waals surface area contributed by atoms with Crippen LogP contribution in [0.4, 0.5) is 4.79 Å². The van der Waals surface area contributed by atoms with Crippen molar-refractivity contribution >= 4 is 23.6 Å². The molecular weight excluding hydrogens is 292 g/mol. The number of urea groups is 1. The summed E-state index contributed by atoms with van der Waals surface area (Å²) in [6.07, 6.45) is 1.35. The highest BCUT2D eigenvalue weighted by molar-refractivity contribution is 6.30. The Morgan fingerprint density at radius 1 is 1.38 bits per heavy atom. The fraction of sp³-hybridized carbons (Fsp3) is 0.467. The summed E-state index contributed by atoms with van der Waals surface area (Å²) in [5.41, 5.74) is 0.958. The maximum absolute atomic E-state index is 12.2. The van der Waals surface area contributed by atoms with Crippen molar-refractivity contribution in [1.29, 1.82) is 0 Å². The van der Waals surface area contributed by atoms with Crippen LogP contribution >= 0.6 is 11.6 Å². The summed E-state index contributed by atoms with van der Waals surface area (Å²) in [4.78, 5) is 24.8. The minimum atomic E-state index is -0.835. The van der Waals surface area contributed by atoms with Gasteiger partial charge < -0.3 is 15.3 Å². The van der Waals surface area contributed by atoms with Crippen LogP contribution in [0.1, 0.15) is 31.4 Å². The molecule has 2 amide bonds. The van der Waals surface area contributed by atoms with Crippen molar-refractivity contribution in [3.05, 3.63) is 34.9 Å². The predicted molar refractivity (Wildman–Crippen MR) is 80.3 cm³/mol. The maximum Gasteiger partial charge on any atom is 0.317 e. The quantitative estimate of drug-likeness (QED) is 0.902. The van der Waals surface area contributed by atoms with Gasteiger partial charge in [-0.3, -0.25) is 4.79 Å². The molecule has 114 valence electrons. The number of carbonyl (C=O) groups excluding carboxylic acids is 1. The lowest BCUT2D eigenvalue weighted by Crippen LogP contribution is -2.47. The molecule has 1 fully saturated rings. The van der Waals surface area contributed by atoms with E-state index in [0.717, 1.165) is 12.0 Å². The zero-order valence-electron chi connectivity index (χ0n) is 11.9. The van der Waals surface area contributed by atoms with E-state index in [1.54, 1.807) is 17.0 Å². The number of likely N-dealkylation sites (tertiary alicyclic amines) is 1. The molecule has 6 heteroatoms.